The number of nitrogens with two attached hydrogens (primary N) is 1. The first-order chi connectivity index (χ1) is 9.91. The van der Waals surface area contributed by atoms with E-state index in [4.69, 9.17) is 5.84 Å². The molecule has 1 fully saturated rings. The summed E-state index contributed by atoms with van der Waals surface area (Å²) in [5.74, 6) is 5.91. The smallest absolute Gasteiger partial charge is 0.0307 e. The molecule has 2 nitrogen and oxygen atoms in total. The maximum Gasteiger partial charge on any atom is 0.0307 e. The van der Waals surface area contributed by atoms with Crippen molar-refractivity contribution in [2.24, 2.45) is 11.3 Å². The minimum atomic E-state index is 0.222. The van der Waals surface area contributed by atoms with Crippen LogP contribution < -0.4 is 11.3 Å². The van der Waals surface area contributed by atoms with Gasteiger partial charge in [-0.1, -0.05) is 64.8 Å². The molecule has 0 radical (unpaired) electrons. The van der Waals surface area contributed by atoms with Gasteiger partial charge in [-0.2, -0.15) is 0 Å². The fraction of sp³-hybridized carbons (Fsp3) is 0.684. The van der Waals surface area contributed by atoms with Gasteiger partial charge in [0.25, 0.3) is 0 Å². The molecule has 21 heavy (non-hydrogen) atoms. The van der Waals surface area contributed by atoms with E-state index in [-0.39, 0.29) is 5.41 Å². The minimum absolute atomic E-state index is 0.222. The molecular weight excluding hydrogens is 256 g/mol. The Morgan fingerprint density at radius 3 is 2.14 bits per heavy atom. The molecule has 0 aromatic heterocycles. The van der Waals surface area contributed by atoms with Gasteiger partial charge >= 0.3 is 0 Å². The van der Waals surface area contributed by atoms with Gasteiger partial charge in [-0.05, 0) is 47.6 Å². The van der Waals surface area contributed by atoms with Gasteiger partial charge in [0.05, 0.1) is 0 Å². The van der Waals surface area contributed by atoms with Crippen LogP contribution in [-0.4, -0.2) is 6.04 Å². The van der Waals surface area contributed by atoms with Crippen molar-refractivity contribution in [3.8, 4) is 0 Å². The average molecular weight is 288 g/mol. The minimum Gasteiger partial charge on any atom is -0.271 e. The summed E-state index contributed by atoms with van der Waals surface area (Å²) < 4.78 is 0. The number of hydrogen-bond acceptors (Lipinski definition) is 2. The molecule has 0 heterocycles. The zero-order valence-corrected chi connectivity index (χ0v) is 14.2. The van der Waals surface area contributed by atoms with E-state index >= 15 is 0 Å². The van der Waals surface area contributed by atoms with Crippen molar-refractivity contribution < 1.29 is 0 Å². The largest absolute Gasteiger partial charge is 0.271 e. The molecule has 1 aromatic rings. The Hall–Kier alpha value is -0.860. The van der Waals surface area contributed by atoms with E-state index in [2.05, 4.69) is 57.4 Å². The molecular formula is C19H32N2. The Morgan fingerprint density at radius 1 is 1.14 bits per heavy atom. The quantitative estimate of drug-likeness (QED) is 0.625. The lowest BCUT2D eigenvalue weighted by molar-refractivity contribution is 0.185. The highest BCUT2D eigenvalue weighted by Gasteiger charge is 2.39. The maximum absolute atomic E-state index is 5.91. The fourth-order valence-corrected chi connectivity index (χ4v) is 3.86. The Kier molecular flexibility index (Phi) is 5.11. The van der Waals surface area contributed by atoms with Crippen LogP contribution >= 0.6 is 0 Å². The fourth-order valence-electron chi connectivity index (χ4n) is 3.86. The molecule has 1 unspecified atom stereocenters. The summed E-state index contributed by atoms with van der Waals surface area (Å²) in [6.45, 7) is 9.10. The van der Waals surface area contributed by atoms with E-state index in [1.54, 1.807) is 0 Å². The van der Waals surface area contributed by atoms with Crippen molar-refractivity contribution in [1.29, 1.82) is 0 Å². The monoisotopic (exact) mass is 288 g/mol. The first kappa shape index (κ1) is 16.5. The topological polar surface area (TPSA) is 38.0 Å². The Labute approximate surface area is 130 Å². The number of benzene rings is 1. The van der Waals surface area contributed by atoms with Crippen LogP contribution in [-0.2, 0) is 11.8 Å². The Bertz CT molecular complexity index is 436. The zero-order valence-electron chi connectivity index (χ0n) is 14.2. The molecule has 1 atom stereocenters. The molecule has 118 valence electrons. The summed E-state index contributed by atoms with van der Waals surface area (Å²) in [6, 6.07) is 9.50. The Balaban J connectivity index is 2.12. The van der Waals surface area contributed by atoms with E-state index in [1.807, 2.05) is 0 Å². The van der Waals surface area contributed by atoms with Crippen LogP contribution in [0.3, 0.4) is 0 Å². The third-order valence-electron chi connectivity index (χ3n) is 5.50. The molecule has 0 saturated heterocycles. The molecule has 0 spiro atoms. The van der Waals surface area contributed by atoms with Crippen LogP contribution in [0.15, 0.2) is 24.3 Å². The highest BCUT2D eigenvalue weighted by molar-refractivity contribution is 5.28. The van der Waals surface area contributed by atoms with Crippen LogP contribution in [0.1, 0.15) is 70.9 Å². The highest BCUT2D eigenvalue weighted by Crippen LogP contribution is 2.44. The molecule has 0 amide bonds. The van der Waals surface area contributed by atoms with Gasteiger partial charge in [-0.15, -0.1) is 0 Å². The van der Waals surface area contributed by atoms with Gasteiger partial charge in [0.15, 0.2) is 0 Å². The van der Waals surface area contributed by atoms with E-state index in [9.17, 15) is 0 Å². The lowest BCUT2D eigenvalue weighted by Gasteiger charge is -2.36. The van der Waals surface area contributed by atoms with Crippen molar-refractivity contribution in [2.45, 2.75) is 77.7 Å². The second-order valence-corrected chi connectivity index (χ2v) is 7.79. The van der Waals surface area contributed by atoms with Crippen molar-refractivity contribution in [3.05, 3.63) is 35.4 Å². The lowest BCUT2D eigenvalue weighted by Crippen LogP contribution is -2.48. The molecule has 1 aliphatic rings. The summed E-state index contributed by atoms with van der Waals surface area (Å²) in [5.41, 5.74) is 6.54. The zero-order chi connectivity index (χ0) is 15.5. The normalized spacial score (nSPS) is 19.7. The average Bonchev–Trinajstić information content (AvgIpc) is 2.94. The molecule has 1 aliphatic carbocycles. The van der Waals surface area contributed by atoms with Crippen molar-refractivity contribution in [2.75, 3.05) is 0 Å². The van der Waals surface area contributed by atoms with Gasteiger partial charge in [-0.3, -0.25) is 11.3 Å². The molecule has 2 rings (SSSR count). The molecule has 1 saturated carbocycles. The molecule has 0 bridgehead atoms. The van der Waals surface area contributed by atoms with Gasteiger partial charge in [-0.25, -0.2) is 0 Å². The van der Waals surface area contributed by atoms with E-state index in [0.717, 1.165) is 6.42 Å². The lowest BCUT2D eigenvalue weighted by atomic mass is 9.74. The first-order valence-corrected chi connectivity index (χ1v) is 8.47. The predicted octanol–water partition coefficient (Wildman–Crippen LogP) is 4.33. The summed E-state index contributed by atoms with van der Waals surface area (Å²) >= 11 is 0. The number of hydrazine groups is 1. The number of nitrogens with one attached hydrogen (secondary N) is 1. The van der Waals surface area contributed by atoms with Crippen LogP contribution in [0.2, 0.25) is 0 Å². The summed E-state index contributed by atoms with van der Waals surface area (Å²) in [4.78, 5) is 0. The third-order valence-corrected chi connectivity index (χ3v) is 5.50. The van der Waals surface area contributed by atoms with Crippen LogP contribution in [0.4, 0.5) is 0 Å². The van der Waals surface area contributed by atoms with Gasteiger partial charge < -0.3 is 0 Å². The van der Waals surface area contributed by atoms with Gasteiger partial charge in [0.2, 0.25) is 0 Å². The SMILES string of the molecule is CCC1(C(Cc2ccc(C(C)(C)C)cc2)NN)CCCC1. The molecule has 2 heteroatoms. The second kappa shape index (κ2) is 6.50. The molecule has 3 N–H and O–H groups in total. The van der Waals surface area contributed by atoms with Crippen molar-refractivity contribution in [3.63, 3.8) is 0 Å². The Morgan fingerprint density at radius 2 is 1.71 bits per heavy atom. The first-order valence-electron chi connectivity index (χ1n) is 8.47. The van der Waals surface area contributed by atoms with Crippen LogP contribution in [0, 0.1) is 5.41 Å². The molecule has 1 aromatic carbocycles. The standard InChI is InChI=1S/C19H32N2/c1-5-19(12-6-7-13-19)17(21-20)14-15-8-10-16(11-9-15)18(2,3)4/h8-11,17,21H,5-7,12-14,20H2,1-4H3. The summed E-state index contributed by atoms with van der Waals surface area (Å²) in [7, 11) is 0. The van der Waals surface area contributed by atoms with Gasteiger partial charge in [0, 0.05) is 6.04 Å². The third kappa shape index (κ3) is 3.67. The maximum atomic E-state index is 5.91. The van der Waals surface area contributed by atoms with Crippen LogP contribution in [0.25, 0.3) is 0 Å². The van der Waals surface area contributed by atoms with Crippen molar-refractivity contribution in [1.82, 2.24) is 5.43 Å². The highest BCUT2D eigenvalue weighted by atomic mass is 15.2. The van der Waals surface area contributed by atoms with E-state index in [0.29, 0.717) is 11.5 Å². The predicted molar refractivity (Wildman–Crippen MR) is 91.1 cm³/mol. The van der Waals surface area contributed by atoms with E-state index < -0.39 is 0 Å². The van der Waals surface area contributed by atoms with Gasteiger partial charge in [0.1, 0.15) is 0 Å². The number of hydrogen-bond donors (Lipinski definition) is 2. The number of rotatable bonds is 5. The van der Waals surface area contributed by atoms with Crippen LogP contribution in [0.5, 0.6) is 0 Å². The second-order valence-electron chi connectivity index (χ2n) is 7.79. The molecule has 0 aliphatic heterocycles. The summed E-state index contributed by atoms with van der Waals surface area (Å²) in [6.07, 6.45) is 7.61. The summed E-state index contributed by atoms with van der Waals surface area (Å²) in [5, 5.41) is 0. The van der Waals surface area contributed by atoms with E-state index in [1.165, 1.54) is 43.2 Å². The van der Waals surface area contributed by atoms with Crippen molar-refractivity contribution >= 4 is 0 Å².